The lowest BCUT2D eigenvalue weighted by Crippen LogP contribution is -2.37. The van der Waals surface area contributed by atoms with Gasteiger partial charge in [-0.1, -0.05) is 18.2 Å². The monoisotopic (exact) mass is 285 g/mol. The quantitative estimate of drug-likeness (QED) is 0.906. The second-order valence-electron chi connectivity index (χ2n) is 5.75. The number of aliphatic hydroxyl groups excluding tert-OH is 1. The molecule has 2 N–H and O–H groups in total. The van der Waals surface area contributed by atoms with Crippen molar-refractivity contribution in [1.29, 1.82) is 0 Å². The van der Waals surface area contributed by atoms with Gasteiger partial charge in [0.1, 0.15) is 5.82 Å². The van der Waals surface area contributed by atoms with Gasteiger partial charge in [0, 0.05) is 30.6 Å². The fourth-order valence-electron chi connectivity index (χ4n) is 3.02. The lowest BCUT2D eigenvalue weighted by molar-refractivity contribution is 0.0669. The summed E-state index contributed by atoms with van der Waals surface area (Å²) in [6, 6.07) is 10.4. The largest absolute Gasteiger partial charge is 0.392 e. The number of para-hydroxylation sites is 1. The molecule has 0 amide bonds. The fraction of sp³-hybridized carbons (Fsp3) is 0.471. The molecule has 1 saturated heterocycles. The van der Waals surface area contributed by atoms with E-state index in [2.05, 4.69) is 29.3 Å². The van der Waals surface area contributed by atoms with Crippen LogP contribution in [-0.4, -0.2) is 40.7 Å². The minimum atomic E-state index is -0.185. The molecule has 0 radical (unpaired) electrons. The number of rotatable bonds is 4. The number of benzene rings is 1. The van der Waals surface area contributed by atoms with Crippen molar-refractivity contribution in [2.75, 3.05) is 25.0 Å². The number of pyridine rings is 1. The Bertz CT molecular complexity index is 614. The summed E-state index contributed by atoms with van der Waals surface area (Å²) in [5.74, 6) is 0.969. The van der Waals surface area contributed by atoms with Crippen LogP contribution in [0.1, 0.15) is 25.3 Å². The van der Waals surface area contributed by atoms with E-state index in [1.54, 1.807) is 0 Å². The summed E-state index contributed by atoms with van der Waals surface area (Å²) in [7, 11) is 0. The number of hydrogen-bond acceptors (Lipinski definition) is 4. The summed E-state index contributed by atoms with van der Waals surface area (Å²) >= 11 is 0. The van der Waals surface area contributed by atoms with Crippen LogP contribution in [0.15, 0.2) is 30.3 Å². The van der Waals surface area contributed by atoms with Crippen LogP contribution in [0.25, 0.3) is 10.9 Å². The Kier molecular flexibility index (Phi) is 4.36. The molecule has 2 heterocycles. The molecule has 1 unspecified atom stereocenters. The average molecular weight is 285 g/mol. The number of fused-ring (bicyclic) bond motifs is 1. The molecule has 4 nitrogen and oxygen atoms in total. The number of aliphatic hydroxyl groups is 1. The zero-order valence-corrected chi connectivity index (χ0v) is 12.5. The van der Waals surface area contributed by atoms with E-state index in [1.807, 2.05) is 18.2 Å². The maximum Gasteiger partial charge on any atom is 0.131 e. The number of piperidine rings is 1. The molecule has 0 spiro atoms. The second kappa shape index (κ2) is 6.41. The van der Waals surface area contributed by atoms with Crippen LogP contribution < -0.4 is 5.32 Å². The number of aromatic nitrogens is 1. The SMILES string of the molecule is CCNc1nc2ccccc2cc1CN1CCCC(O)C1. The lowest BCUT2D eigenvalue weighted by atomic mass is 10.1. The van der Waals surface area contributed by atoms with Crippen molar-refractivity contribution >= 4 is 16.7 Å². The van der Waals surface area contributed by atoms with Crippen molar-refractivity contribution in [2.45, 2.75) is 32.4 Å². The van der Waals surface area contributed by atoms with E-state index in [9.17, 15) is 5.11 Å². The molecule has 1 fully saturated rings. The minimum absolute atomic E-state index is 0.185. The summed E-state index contributed by atoms with van der Waals surface area (Å²) in [4.78, 5) is 7.07. The third-order valence-corrected chi connectivity index (χ3v) is 4.02. The molecule has 21 heavy (non-hydrogen) atoms. The molecule has 1 aromatic heterocycles. The van der Waals surface area contributed by atoms with Gasteiger partial charge in [-0.15, -0.1) is 0 Å². The number of nitrogens with one attached hydrogen (secondary N) is 1. The lowest BCUT2D eigenvalue weighted by Gasteiger charge is -2.30. The Labute approximate surface area is 125 Å². The van der Waals surface area contributed by atoms with E-state index in [-0.39, 0.29) is 6.10 Å². The van der Waals surface area contributed by atoms with Gasteiger partial charge in [0.2, 0.25) is 0 Å². The summed E-state index contributed by atoms with van der Waals surface area (Å²) in [5.41, 5.74) is 2.24. The van der Waals surface area contributed by atoms with Crippen LogP contribution in [0.4, 0.5) is 5.82 Å². The molecule has 1 aliphatic rings. The van der Waals surface area contributed by atoms with E-state index in [1.165, 1.54) is 10.9 Å². The van der Waals surface area contributed by atoms with Gasteiger partial charge < -0.3 is 10.4 Å². The third-order valence-electron chi connectivity index (χ3n) is 4.02. The van der Waals surface area contributed by atoms with Gasteiger partial charge in [0.15, 0.2) is 0 Å². The van der Waals surface area contributed by atoms with Gasteiger partial charge in [-0.05, 0) is 38.4 Å². The standard InChI is InChI=1S/C17H23N3O/c1-2-18-17-14(11-20-9-5-7-15(21)12-20)10-13-6-3-4-8-16(13)19-17/h3-4,6,8,10,15,21H,2,5,7,9,11-12H2,1H3,(H,18,19). The highest BCUT2D eigenvalue weighted by atomic mass is 16.3. The number of β-amino-alcohol motifs (C(OH)–C–C–N with tert-alkyl or cyclic N) is 1. The highest BCUT2D eigenvalue weighted by Gasteiger charge is 2.19. The first-order valence-corrected chi connectivity index (χ1v) is 7.79. The number of nitrogens with zero attached hydrogens (tertiary/aromatic N) is 2. The van der Waals surface area contributed by atoms with Gasteiger partial charge in [-0.2, -0.15) is 0 Å². The van der Waals surface area contributed by atoms with E-state index < -0.39 is 0 Å². The highest BCUT2D eigenvalue weighted by molar-refractivity contribution is 5.81. The van der Waals surface area contributed by atoms with Crippen LogP contribution in [0, 0.1) is 0 Å². The molecular formula is C17H23N3O. The van der Waals surface area contributed by atoms with Crippen LogP contribution in [0.2, 0.25) is 0 Å². The molecule has 4 heteroatoms. The van der Waals surface area contributed by atoms with Gasteiger partial charge in [0.25, 0.3) is 0 Å². The van der Waals surface area contributed by atoms with Crippen LogP contribution >= 0.6 is 0 Å². The van der Waals surface area contributed by atoms with Crippen LogP contribution in [-0.2, 0) is 6.54 Å². The van der Waals surface area contributed by atoms with E-state index in [0.717, 1.165) is 50.4 Å². The van der Waals surface area contributed by atoms with E-state index in [0.29, 0.717) is 0 Å². The summed E-state index contributed by atoms with van der Waals surface area (Å²) < 4.78 is 0. The molecule has 0 aliphatic carbocycles. The summed E-state index contributed by atoms with van der Waals surface area (Å²) in [5, 5.41) is 14.4. The average Bonchev–Trinajstić information content (AvgIpc) is 2.48. The molecule has 0 bridgehead atoms. The van der Waals surface area contributed by atoms with Gasteiger partial charge in [-0.25, -0.2) is 4.98 Å². The molecule has 2 aromatic rings. The van der Waals surface area contributed by atoms with E-state index >= 15 is 0 Å². The first-order valence-electron chi connectivity index (χ1n) is 7.79. The predicted octanol–water partition coefficient (Wildman–Crippen LogP) is 2.62. The predicted molar refractivity (Wildman–Crippen MR) is 86.4 cm³/mol. The Hall–Kier alpha value is -1.65. The first kappa shape index (κ1) is 14.3. The molecular weight excluding hydrogens is 262 g/mol. The molecule has 0 saturated carbocycles. The van der Waals surface area contributed by atoms with Crippen molar-refractivity contribution in [2.24, 2.45) is 0 Å². The highest BCUT2D eigenvalue weighted by Crippen LogP contribution is 2.23. The zero-order valence-electron chi connectivity index (χ0n) is 12.5. The molecule has 1 aromatic carbocycles. The van der Waals surface area contributed by atoms with Crippen molar-refractivity contribution < 1.29 is 5.11 Å². The Morgan fingerprint density at radius 1 is 1.38 bits per heavy atom. The normalized spacial score (nSPS) is 19.8. The Morgan fingerprint density at radius 3 is 3.05 bits per heavy atom. The number of hydrogen-bond donors (Lipinski definition) is 2. The first-order chi connectivity index (χ1) is 10.3. The van der Waals surface area contributed by atoms with E-state index in [4.69, 9.17) is 4.98 Å². The smallest absolute Gasteiger partial charge is 0.131 e. The molecule has 1 atom stereocenters. The van der Waals surface area contributed by atoms with Crippen LogP contribution in [0.3, 0.4) is 0 Å². The molecule has 1 aliphatic heterocycles. The number of anilines is 1. The number of likely N-dealkylation sites (tertiary alicyclic amines) is 1. The van der Waals surface area contributed by atoms with Gasteiger partial charge >= 0.3 is 0 Å². The van der Waals surface area contributed by atoms with Crippen molar-refractivity contribution in [3.05, 3.63) is 35.9 Å². The fourth-order valence-corrected chi connectivity index (χ4v) is 3.02. The Balaban J connectivity index is 1.89. The Morgan fingerprint density at radius 2 is 2.24 bits per heavy atom. The van der Waals surface area contributed by atoms with Gasteiger partial charge in [0.05, 0.1) is 11.6 Å². The van der Waals surface area contributed by atoms with Gasteiger partial charge in [-0.3, -0.25) is 4.90 Å². The molecule has 112 valence electrons. The summed E-state index contributed by atoms with van der Waals surface area (Å²) in [6.45, 7) is 5.61. The maximum atomic E-state index is 9.83. The topological polar surface area (TPSA) is 48.4 Å². The van der Waals surface area contributed by atoms with Crippen molar-refractivity contribution in [3.8, 4) is 0 Å². The minimum Gasteiger partial charge on any atom is -0.392 e. The second-order valence-corrected chi connectivity index (χ2v) is 5.75. The van der Waals surface area contributed by atoms with Crippen molar-refractivity contribution in [1.82, 2.24) is 9.88 Å². The zero-order chi connectivity index (χ0) is 14.7. The van der Waals surface area contributed by atoms with Crippen LogP contribution in [0.5, 0.6) is 0 Å². The third kappa shape index (κ3) is 3.34. The molecule has 3 rings (SSSR count). The maximum absolute atomic E-state index is 9.83. The summed E-state index contributed by atoms with van der Waals surface area (Å²) in [6.07, 6.45) is 1.81. The van der Waals surface area contributed by atoms with Crippen molar-refractivity contribution in [3.63, 3.8) is 0 Å².